The van der Waals surface area contributed by atoms with Crippen molar-refractivity contribution in [1.82, 2.24) is 16.0 Å². The standard InChI is InChI=1S/C30H59N5O4/c31-21-14-9-4-2-1-3-8-12-19-28(37)34-27(24-36)30(39)35-26(18-13-15-22-32)29(38)33-23-20-25-16-10-6-5-7-11-17-25/h25-27,36H,1-24,31-32H2,(H,33,38)(H,34,37)(H,35,39)/t26-,27-/m0/s1. The van der Waals surface area contributed by atoms with Crippen molar-refractivity contribution in [2.75, 3.05) is 26.2 Å². The lowest BCUT2D eigenvalue weighted by atomic mass is 9.89. The first-order chi connectivity index (χ1) is 19.0. The van der Waals surface area contributed by atoms with E-state index < -0.39 is 24.6 Å². The summed E-state index contributed by atoms with van der Waals surface area (Å²) in [7, 11) is 0. The summed E-state index contributed by atoms with van der Waals surface area (Å²) < 4.78 is 0. The number of carbonyl (C=O) groups excluding carboxylic acids is 3. The monoisotopic (exact) mass is 553 g/mol. The molecule has 9 heteroatoms. The largest absolute Gasteiger partial charge is 0.394 e. The SMILES string of the molecule is NCCCCCCCCCCC(=O)N[C@@H](CO)C(=O)N[C@@H](CCCCN)C(=O)NCCC1CCCCCCC1. The zero-order valence-electron chi connectivity index (χ0n) is 24.5. The van der Waals surface area contributed by atoms with E-state index in [4.69, 9.17) is 11.5 Å². The predicted octanol–water partition coefficient (Wildman–Crippen LogP) is 3.41. The van der Waals surface area contributed by atoms with Gasteiger partial charge in [-0.1, -0.05) is 83.5 Å². The van der Waals surface area contributed by atoms with Crippen LogP contribution < -0.4 is 27.4 Å². The molecule has 228 valence electrons. The maximum atomic E-state index is 13.0. The van der Waals surface area contributed by atoms with Gasteiger partial charge in [0.25, 0.3) is 0 Å². The normalized spacial score (nSPS) is 16.1. The van der Waals surface area contributed by atoms with Gasteiger partial charge in [0.1, 0.15) is 12.1 Å². The van der Waals surface area contributed by atoms with Crippen LogP contribution in [0.15, 0.2) is 0 Å². The lowest BCUT2D eigenvalue weighted by molar-refractivity contribution is -0.133. The Morgan fingerprint density at radius 1 is 0.692 bits per heavy atom. The summed E-state index contributed by atoms with van der Waals surface area (Å²) in [5, 5.41) is 18.2. The molecule has 0 bridgehead atoms. The van der Waals surface area contributed by atoms with E-state index in [1.807, 2.05) is 0 Å². The van der Waals surface area contributed by atoms with Gasteiger partial charge in [-0.3, -0.25) is 14.4 Å². The number of aliphatic hydroxyl groups excluding tert-OH is 1. The third-order valence-corrected chi connectivity index (χ3v) is 7.85. The van der Waals surface area contributed by atoms with Crippen LogP contribution in [0.25, 0.3) is 0 Å². The molecular formula is C30H59N5O4. The highest BCUT2D eigenvalue weighted by Gasteiger charge is 2.26. The van der Waals surface area contributed by atoms with Crippen molar-refractivity contribution in [2.45, 2.75) is 141 Å². The van der Waals surface area contributed by atoms with Crippen molar-refractivity contribution in [3.63, 3.8) is 0 Å². The molecule has 1 saturated carbocycles. The molecular weight excluding hydrogens is 494 g/mol. The van der Waals surface area contributed by atoms with E-state index in [0.29, 0.717) is 38.3 Å². The van der Waals surface area contributed by atoms with Crippen LogP contribution >= 0.6 is 0 Å². The molecule has 1 fully saturated rings. The van der Waals surface area contributed by atoms with Gasteiger partial charge in [-0.15, -0.1) is 0 Å². The maximum Gasteiger partial charge on any atom is 0.245 e. The molecule has 1 rings (SSSR count). The quantitative estimate of drug-likeness (QED) is 0.113. The second kappa shape index (κ2) is 24.1. The lowest BCUT2D eigenvalue weighted by Crippen LogP contribution is -2.55. The van der Waals surface area contributed by atoms with E-state index >= 15 is 0 Å². The maximum absolute atomic E-state index is 13.0. The number of unbranched alkanes of at least 4 members (excludes halogenated alkanes) is 8. The van der Waals surface area contributed by atoms with E-state index in [1.165, 1.54) is 64.2 Å². The highest BCUT2D eigenvalue weighted by Crippen LogP contribution is 2.24. The number of carbonyl (C=O) groups is 3. The van der Waals surface area contributed by atoms with E-state index in [0.717, 1.165) is 51.5 Å². The molecule has 0 unspecified atom stereocenters. The van der Waals surface area contributed by atoms with Crippen LogP contribution in [0.2, 0.25) is 0 Å². The van der Waals surface area contributed by atoms with Gasteiger partial charge in [0.2, 0.25) is 17.7 Å². The molecule has 0 aliphatic heterocycles. The Labute approximate surface area is 237 Å². The second-order valence-corrected chi connectivity index (χ2v) is 11.3. The van der Waals surface area contributed by atoms with Gasteiger partial charge in [0.05, 0.1) is 6.61 Å². The van der Waals surface area contributed by atoms with Crippen molar-refractivity contribution in [3.05, 3.63) is 0 Å². The fourth-order valence-corrected chi connectivity index (χ4v) is 5.34. The van der Waals surface area contributed by atoms with E-state index in [1.54, 1.807) is 0 Å². The van der Waals surface area contributed by atoms with Gasteiger partial charge in [0.15, 0.2) is 0 Å². The lowest BCUT2D eigenvalue weighted by Gasteiger charge is -2.23. The van der Waals surface area contributed by atoms with Gasteiger partial charge >= 0.3 is 0 Å². The number of nitrogens with two attached hydrogens (primary N) is 2. The van der Waals surface area contributed by atoms with Crippen LogP contribution in [0.3, 0.4) is 0 Å². The number of hydrogen-bond donors (Lipinski definition) is 6. The van der Waals surface area contributed by atoms with Gasteiger partial charge in [-0.25, -0.2) is 0 Å². The molecule has 0 saturated heterocycles. The highest BCUT2D eigenvalue weighted by atomic mass is 16.3. The van der Waals surface area contributed by atoms with Crippen LogP contribution in [0.5, 0.6) is 0 Å². The van der Waals surface area contributed by atoms with Crippen molar-refractivity contribution in [3.8, 4) is 0 Å². The molecule has 9 nitrogen and oxygen atoms in total. The van der Waals surface area contributed by atoms with E-state index in [-0.39, 0.29) is 11.8 Å². The number of rotatable bonds is 22. The minimum Gasteiger partial charge on any atom is -0.394 e. The second-order valence-electron chi connectivity index (χ2n) is 11.3. The summed E-state index contributed by atoms with van der Waals surface area (Å²) in [6.07, 6.45) is 20.7. The van der Waals surface area contributed by atoms with Crippen molar-refractivity contribution < 1.29 is 19.5 Å². The molecule has 0 aromatic carbocycles. The first-order valence-electron chi connectivity index (χ1n) is 15.9. The van der Waals surface area contributed by atoms with Gasteiger partial charge < -0.3 is 32.5 Å². The number of amides is 3. The Morgan fingerprint density at radius 2 is 1.26 bits per heavy atom. The van der Waals surface area contributed by atoms with E-state index in [9.17, 15) is 19.5 Å². The van der Waals surface area contributed by atoms with Crippen molar-refractivity contribution in [1.29, 1.82) is 0 Å². The molecule has 0 spiro atoms. The Bertz CT molecular complexity index is 641. The fourth-order valence-electron chi connectivity index (χ4n) is 5.34. The van der Waals surface area contributed by atoms with Crippen LogP contribution in [0.4, 0.5) is 0 Å². The van der Waals surface area contributed by atoms with Gasteiger partial charge in [0, 0.05) is 13.0 Å². The van der Waals surface area contributed by atoms with Crippen molar-refractivity contribution >= 4 is 17.7 Å². The Balaban J connectivity index is 2.42. The van der Waals surface area contributed by atoms with Crippen LogP contribution in [-0.4, -0.2) is 61.2 Å². The summed E-state index contributed by atoms with van der Waals surface area (Å²) in [6, 6.07) is -1.78. The zero-order valence-corrected chi connectivity index (χ0v) is 24.5. The number of hydrogen-bond acceptors (Lipinski definition) is 6. The van der Waals surface area contributed by atoms with Crippen LogP contribution in [-0.2, 0) is 14.4 Å². The van der Waals surface area contributed by atoms with Crippen molar-refractivity contribution in [2.24, 2.45) is 17.4 Å². The summed E-state index contributed by atoms with van der Waals surface area (Å²) in [6.45, 7) is 1.36. The third kappa shape index (κ3) is 18.3. The molecule has 0 radical (unpaired) electrons. The van der Waals surface area contributed by atoms with Gasteiger partial charge in [-0.2, -0.15) is 0 Å². The summed E-state index contributed by atoms with van der Waals surface area (Å²) in [5.41, 5.74) is 11.1. The van der Waals surface area contributed by atoms with Crippen LogP contribution in [0, 0.1) is 5.92 Å². The highest BCUT2D eigenvalue weighted by molar-refractivity contribution is 5.92. The molecule has 0 heterocycles. The molecule has 8 N–H and O–H groups in total. The average molecular weight is 554 g/mol. The Hall–Kier alpha value is -1.71. The molecule has 39 heavy (non-hydrogen) atoms. The average Bonchev–Trinajstić information content (AvgIpc) is 2.91. The molecule has 2 atom stereocenters. The molecule has 1 aliphatic rings. The first-order valence-corrected chi connectivity index (χ1v) is 15.9. The molecule has 1 aliphatic carbocycles. The van der Waals surface area contributed by atoms with Gasteiger partial charge in [-0.05, 0) is 57.5 Å². The smallest absolute Gasteiger partial charge is 0.245 e. The minimum absolute atomic E-state index is 0.211. The Morgan fingerprint density at radius 3 is 1.87 bits per heavy atom. The van der Waals surface area contributed by atoms with Crippen LogP contribution in [0.1, 0.15) is 128 Å². The summed E-state index contributed by atoms with van der Waals surface area (Å²) in [4.78, 5) is 38.2. The molecule has 0 aromatic heterocycles. The van der Waals surface area contributed by atoms with E-state index in [2.05, 4.69) is 16.0 Å². The topological polar surface area (TPSA) is 160 Å². The summed E-state index contributed by atoms with van der Waals surface area (Å²) in [5.74, 6) is -0.352. The zero-order chi connectivity index (χ0) is 28.6. The third-order valence-electron chi connectivity index (χ3n) is 7.85. The Kier molecular flexibility index (Phi) is 21.8. The summed E-state index contributed by atoms with van der Waals surface area (Å²) >= 11 is 0. The fraction of sp³-hybridized carbons (Fsp3) is 0.900. The first kappa shape index (κ1) is 35.3. The minimum atomic E-state index is -1.07. The number of nitrogens with one attached hydrogen (secondary N) is 3. The molecule has 0 aromatic rings. The number of aliphatic hydroxyl groups is 1. The predicted molar refractivity (Wildman–Crippen MR) is 158 cm³/mol. The molecule has 3 amide bonds.